The van der Waals surface area contributed by atoms with E-state index in [4.69, 9.17) is 14.7 Å². The van der Waals surface area contributed by atoms with Crippen LogP contribution in [0.25, 0.3) is 11.1 Å². The molecule has 0 spiro atoms. The van der Waals surface area contributed by atoms with Crippen molar-refractivity contribution in [2.24, 2.45) is 0 Å². The topological polar surface area (TPSA) is 71.3 Å². The normalized spacial score (nSPS) is 14.6. The molecule has 1 fully saturated rings. The van der Waals surface area contributed by atoms with Crippen LogP contribution in [0.3, 0.4) is 0 Å². The van der Waals surface area contributed by atoms with Crippen molar-refractivity contribution in [2.45, 2.75) is 25.6 Å². The number of nitriles is 1. The first-order valence-electron chi connectivity index (χ1n) is 8.75. The Balaban J connectivity index is 1.88. The van der Waals surface area contributed by atoms with Crippen LogP contribution in [-0.2, 0) is 16.1 Å². The van der Waals surface area contributed by atoms with Crippen molar-refractivity contribution in [3.63, 3.8) is 0 Å². The van der Waals surface area contributed by atoms with Gasteiger partial charge >= 0.3 is 5.97 Å². The highest BCUT2D eigenvalue weighted by atomic mass is 16.5. The minimum Gasteiger partial charge on any atom is -0.465 e. The third kappa shape index (κ3) is 4.48. The summed E-state index contributed by atoms with van der Waals surface area (Å²) in [5, 5.41) is 12.4. The van der Waals surface area contributed by atoms with E-state index in [1.54, 1.807) is 12.1 Å². The number of nitrogens with zero attached hydrogens (tertiary/aromatic N) is 1. The predicted molar refractivity (Wildman–Crippen MR) is 98.6 cm³/mol. The van der Waals surface area contributed by atoms with Gasteiger partial charge in [-0.2, -0.15) is 5.26 Å². The van der Waals surface area contributed by atoms with Crippen LogP contribution in [-0.4, -0.2) is 32.3 Å². The molecule has 1 N–H and O–H groups in total. The fourth-order valence-electron chi connectivity index (χ4n) is 3.12. The molecule has 1 aliphatic heterocycles. The number of carbonyl (C=O) groups is 1. The summed E-state index contributed by atoms with van der Waals surface area (Å²) >= 11 is 0. The number of benzene rings is 2. The molecule has 134 valence electrons. The zero-order chi connectivity index (χ0) is 18.4. The minimum atomic E-state index is -0.383. The number of hydrogen-bond acceptors (Lipinski definition) is 5. The van der Waals surface area contributed by atoms with Gasteiger partial charge in [0.15, 0.2) is 0 Å². The van der Waals surface area contributed by atoms with E-state index in [1.165, 1.54) is 7.11 Å². The maximum absolute atomic E-state index is 12.1. The molecule has 2 aromatic rings. The van der Waals surface area contributed by atoms with Crippen molar-refractivity contribution < 1.29 is 14.3 Å². The predicted octanol–water partition coefficient (Wildman–Crippen LogP) is 3.28. The number of piperidine rings is 1. The van der Waals surface area contributed by atoms with Gasteiger partial charge in [0, 0.05) is 0 Å². The second kappa shape index (κ2) is 8.61. The van der Waals surface area contributed by atoms with Crippen molar-refractivity contribution in [2.75, 3.05) is 20.2 Å². The van der Waals surface area contributed by atoms with E-state index in [1.807, 2.05) is 30.3 Å². The number of carbonyl (C=O) groups excluding carboxylic acids is 1. The molecule has 1 saturated heterocycles. The summed E-state index contributed by atoms with van der Waals surface area (Å²) in [4.78, 5) is 12.1. The summed E-state index contributed by atoms with van der Waals surface area (Å²) in [7, 11) is 1.37. The first-order chi connectivity index (χ1) is 12.7. The number of rotatable bonds is 5. The van der Waals surface area contributed by atoms with Gasteiger partial charge in [0.05, 0.1) is 37.0 Å². The molecule has 0 aromatic heterocycles. The summed E-state index contributed by atoms with van der Waals surface area (Å²) in [5.74, 6) is -0.383. The molecule has 1 aliphatic rings. The molecular formula is C21H22N2O3. The van der Waals surface area contributed by atoms with Gasteiger partial charge in [-0.1, -0.05) is 12.1 Å². The Morgan fingerprint density at radius 1 is 1.19 bits per heavy atom. The SMILES string of the molecule is COC(=O)c1cc(COC2CCNCC2)cc(-c2cccc(C#N)c2)c1. The van der Waals surface area contributed by atoms with Crippen molar-refractivity contribution >= 4 is 5.97 Å². The van der Waals surface area contributed by atoms with Gasteiger partial charge in [-0.25, -0.2) is 4.79 Å². The molecule has 26 heavy (non-hydrogen) atoms. The highest BCUT2D eigenvalue weighted by Crippen LogP contribution is 2.25. The van der Waals surface area contributed by atoms with Crippen LogP contribution in [0.4, 0.5) is 0 Å². The van der Waals surface area contributed by atoms with E-state index < -0.39 is 0 Å². The first-order valence-corrected chi connectivity index (χ1v) is 8.75. The lowest BCUT2D eigenvalue weighted by Gasteiger charge is -2.23. The van der Waals surface area contributed by atoms with E-state index in [0.717, 1.165) is 42.6 Å². The molecule has 3 rings (SSSR count). The number of nitrogens with one attached hydrogen (secondary N) is 1. The molecule has 1 heterocycles. The highest BCUT2D eigenvalue weighted by molar-refractivity contribution is 5.91. The second-order valence-corrected chi connectivity index (χ2v) is 6.36. The molecule has 0 saturated carbocycles. The average Bonchev–Trinajstić information content (AvgIpc) is 2.72. The quantitative estimate of drug-likeness (QED) is 0.838. The number of esters is 1. The van der Waals surface area contributed by atoms with Crippen LogP contribution >= 0.6 is 0 Å². The third-order valence-corrected chi connectivity index (χ3v) is 4.51. The molecule has 0 unspecified atom stereocenters. The van der Waals surface area contributed by atoms with Crippen LogP contribution in [0, 0.1) is 11.3 Å². The summed E-state index contributed by atoms with van der Waals surface area (Å²) < 4.78 is 10.9. The van der Waals surface area contributed by atoms with Gasteiger partial charge in [-0.05, 0) is 73.0 Å². The first kappa shape index (κ1) is 18.1. The van der Waals surface area contributed by atoms with Crippen molar-refractivity contribution in [3.8, 4) is 17.2 Å². The Morgan fingerprint density at radius 2 is 2.00 bits per heavy atom. The molecule has 0 aliphatic carbocycles. The van der Waals surface area contributed by atoms with Gasteiger partial charge in [-0.15, -0.1) is 0 Å². The summed E-state index contributed by atoms with van der Waals surface area (Å²) in [6, 6.07) is 15.1. The zero-order valence-corrected chi connectivity index (χ0v) is 14.8. The fourth-order valence-corrected chi connectivity index (χ4v) is 3.12. The molecule has 0 radical (unpaired) electrons. The summed E-state index contributed by atoms with van der Waals surface area (Å²) in [6.45, 7) is 2.39. The van der Waals surface area contributed by atoms with Gasteiger partial charge < -0.3 is 14.8 Å². The lowest BCUT2D eigenvalue weighted by atomic mass is 9.98. The maximum atomic E-state index is 12.1. The Hall–Kier alpha value is -2.68. The lowest BCUT2D eigenvalue weighted by molar-refractivity contribution is 0.0212. The van der Waals surface area contributed by atoms with E-state index in [2.05, 4.69) is 11.4 Å². The lowest BCUT2D eigenvalue weighted by Crippen LogP contribution is -2.32. The van der Waals surface area contributed by atoms with Crippen LogP contribution < -0.4 is 5.32 Å². The summed E-state index contributed by atoms with van der Waals surface area (Å²) in [6.07, 6.45) is 2.23. The molecule has 0 amide bonds. The largest absolute Gasteiger partial charge is 0.465 e. The van der Waals surface area contributed by atoms with Gasteiger partial charge in [0.1, 0.15) is 0 Å². The monoisotopic (exact) mass is 350 g/mol. The van der Waals surface area contributed by atoms with Crippen molar-refractivity contribution in [1.82, 2.24) is 5.32 Å². The second-order valence-electron chi connectivity index (χ2n) is 6.36. The third-order valence-electron chi connectivity index (χ3n) is 4.51. The van der Waals surface area contributed by atoms with Gasteiger partial charge in [-0.3, -0.25) is 0 Å². The standard InChI is InChI=1S/C21H22N2O3/c1-25-21(24)19-11-16(14-26-20-5-7-23-8-6-20)10-18(12-19)17-4-2-3-15(9-17)13-22/h2-4,9-12,20,23H,5-8,14H2,1H3. The Morgan fingerprint density at radius 3 is 2.73 bits per heavy atom. The van der Waals surface area contributed by atoms with Crippen LogP contribution in [0.1, 0.15) is 34.3 Å². The highest BCUT2D eigenvalue weighted by Gasteiger charge is 2.15. The Labute approximate surface area is 153 Å². The summed E-state index contributed by atoms with van der Waals surface area (Å²) in [5.41, 5.74) is 3.74. The van der Waals surface area contributed by atoms with E-state index in [0.29, 0.717) is 17.7 Å². The van der Waals surface area contributed by atoms with Crippen molar-refractivity contribution in [1.29, 1.82) is 5.26 Å². The molecule has 2 aromatic carbocycles. The fraction of sp³-hybridized carbons (Fsp3) is 0.333. The molecule has 5 heteroatoms. The van der Waals surface area contributed by atoms with Gasteiger partial charge in [0.2, 0.25) is 0 Å². The minimum absolute atomic E-state index is 0.239. The van der Waals surface area contributed by atoms with Gasteiger partial charge in [0.25, 0.3) is 0 Å². The number of hydrogen-bond donors (Lipinski definition) is 1. The molecule has 5 nitrogen and oxygen atoms in total. The molecule has 0 atom stereocenters. The van der Waals surface area contributed by atoms with E-state index in [9.17, 15) is 4.79 Å². The van der Waals surface area contributed by atoms with Crippen LogP contribution in [0.15, 0.2) is 42.5 Å². The van der Waals surface area contributed by atoms with Crippen LogP contribution in [0.2, 0.25) is 0 Å². The Kier molecular flexibility index (Phi) is 6.00. The average molecular weight is 350 g/mol. The van der Waals surface area contributed by atoms with Crippen molar-refractivity contribution in [3.05, 3.63) is 59.2 Å². The number of ether oxygens (including phenoxy) is 2. The molecular weight excluding hydrogens is 328 g/mol. The van der Waals surface area contributed by atoms with E-state index >= 15 is 0 Å². The molecule has 0 bridgehead atoms. The van der Waals surface area contributed by atoms with E-state index in [-0.39, 0.29) is 12.1 Å². The van der Waals surface area contributed by atoms with Crippen LogP contribution in [0.5, 0.6) is 0 Å². The zero-order valence-electron chi connectivity index (χ0n) is 14.8. The number of methoxy groups -OCH3 is 1. The Bertz CT molecular complexity index is 820. The maximum Gasteiger partial charge on any atom is 0.337 e. The smallest absolute Gasteiger partial charge is 0.337 e.